The van der Waals surface area contributed by atoms with Gasteiger partial charge in [0.05, 0.1) is 7.11 Å². The quantitative estimate of drug-likeness (QED) is 0.815. The summed E-state index contributed by atoms with van der Waals surface area (Å²) in [6.07, 6.45) is -0.946. The van der Waals surface area contributed by atoms with Crippen molar-refractivity contribution in [3.8, 4) is 0 Å². The second-order valence-corrected chi connectivity index (χ2v) is 5.71. The van der Waals surface area contributed by atoms with Gasteiger partial charge >= 0.3 is 12.1 Å². The third-order valence-electron chi connectivity index (χ3n) is 4.22. The number of methoxy groups -OCH3 is 1. The van der Waals surface area contributed by atoms with Gasteiger partial charge < -0.3 is 19.3 Å². The van der Waals surface area contributed by atoms with E-state index in [4.69, 9.17) is 0 Å². The Kier molecular flexibility index (Phi) is 5.00. The first-order valence-corrected chi connectivity index (χ1v) is 7.29. The largest absolute Gasteiger partial charge is 0.469 e. The molecule has 0 saturated carbocycles. The summed E-state index contributed by atoms with van der Waals surface area (Å²) in [5, 5.41) is 10.6. The van der Waals surface area contributed by atoms with Crippen LogP contribution in [0.4, 0.5) is 13.2 Å². The molecule has 2 rings (SSSR count). The first-order chi connectivity index (χ1) is 10.7. The van der Waals surface area contributed by atoms with Gasteiger partial charge in [-0.1, -0.05) is 0 Å². The van der Waals surface area contributed by atoms with Crippen LogP contribution >= 0.6 is 0 Å². The molecular formula is C14H20F3N3O3. The fourth-order valence-electron chi connectivity index (χ4n) is 2.96. The number of aryl methyl sites for hydroxylation is 1. The van der Waals surface area contributed by atoms with Crippen molar-refractivity contribution in [3.63, 3.8) is 0 Å². The molecule has 0 bridgehead atoms. The second-order valence-electron chi connectivity index (χ2n) is 5.71. The van der Waals surface area contributed by atoms with E-state index in [1.807, 2.05) is 0 Å². The fraction of sp³-hybridized carbons (Fsp3) is 0.714. The van der Waals surface area contributed by atoms with E-state index in [1.54, 1.807) is 4.90 Å². The van der Waals surface area contributed by atoms with Gasteiger partial charge in [-0.25, -0.2) is 4.98 Å². The van der Waals surface area contributed by atoms with Crippen molar-refractivity contribution in [3.05, 3.63) is 18.2 Å². The second kappa shape index (κ2) is 6.48. The third-order valence-corrected chi connectivity index (χ3v) is 4.22. The number of imidazole rings is 1. The van der Waals surface area contributed by atoms with Gasteiger partial charge in [0.15, 0.2) is 5.82 Å². The number of carbonyl (C=O) groups is 1. The van der Waals surface area contributed by atoms with Crippen LogP contribution in [0.3, 0.4) is 0 Å². The predicted molar refractivity (Wildman–Crippen MR) is 74.3 cm³/mol. The lowest BCUT2D eigenvalue weighted by Gasteiger charge is -2.37. The van der Waals surface area contributed by atoms with E-state index in [0.717, 1.165) is 30.7 Å². The van der Waals surface area contributed by atoms with Crippen LogP contribution in [0.2, 0.25) is 0 Å². The minimum Gasteiger partial charge on any atom is -0.469 e. The average molecular weight is 335 g/mol. The number of halogens is 3. The van der Waals surface area contributed by atoms with Crippen LogP contribution in [-0.2, 0) is 22.2 Å². The zero-order valence-corrected chi connectivity index (χ0v) is 13.0. The van der Waals surface area contributed by atoms with E-state index < -0.39 is 29.5 Å². The first-order valence-electron chi connectivity index (χ1n) is 7.29. The molecule has 0 amide bonds. The summed E-state index contributed by atoms with van der Waals surface area (Å²) in [4.78, 5) is 17.4. The molecule has 23 heavy (non-hydrogen) atoms. The van der Waals surface area contributed by atoms with Crippen LogP contribution in [-0.4, -0.2) is 58.4 Å². The summed E-state index contributed by atoms with van der Waals surface area (Å²) < 4.78 is 46.8. The van der Waals surface area contributed by atoms with Crippen molar-refractivity contribution in [2.24, 2.45) is 13.0 Å². The van der Waals surface area contributed by atoms with E-state index in [0.29, 0.717) is 13.1 Å². The molecule has 9 heteroatoms. The van der Waals surface area contributed by atoms with E-state index in [1.165, 1.54) is 13.2 Å². The van der Waals surface area contributed by atoms with Crippen LogP contribution in [0.15, 0.2) is 12.4 Å². The van der Waals surface area contributed by atoms with E-state index >= 15 is 0 Å². The maximum absolute atomic E-state index is 13.7. The topological polar surface area (TPSA) is 67.6 Å². The molecule has 0 radical (unpaired) electrons. The van der Waals surface area contributed by atoms with Crippen LogP contribution in [0.5, 0.6) is 0 Å². The minimum atomic E-state index is -5.08. The molecule has 0 unspecified atom stereocenters. The van der Waals surface area contributed by atoms with Crippen molar-refractivity contribution in [2.45, 2.75) is 24.6 Å². The van der Waals surface area contributed by atoms with Crippen LogP contribution in [0.25, 0.3) is 0 Å². The smallest absolute Gasteiger partial charge is 0.425 e. The number of carbonyl (C=O) groups excluding carboxylic acids is 1. The van der Waals surface area contributed by atoms with Gasteiger partial charge in [-0.15, -0.1) is 0 Å². The number of likely N-dealkylation sites (tertiary alicyclic amines) is 1. The first kappa shape index (κ1) is 17.7. The van der Waals surface area contributed by atoms with Crippen molar-refractivity contribution in [2.75, 3.05) is 26.7 Å². The van der Waals surface area contributed by atoms with Crippen molar-refractivity contribution in [1.29, 1.82) is 0 Å². The maximum atomic E-state index is 13.7. The van der Waals surface area contributed by atoms with Crippen molar-refractivity contribution < 1.29 is 27.8 Å². The molecule has 0 aliphatic carbocycles. The molecule has 1 N–H and O–H groups in total. The SMILES string of the molecule is COC(=O)[C@H](CN1CCCC1)[C@@](O)(c1nccn1C)C(F)(F)F. The highest BCUT2D eigenvalue weighted by molar-refractivity contribution is 5.74. The van der Waals surface area contributed by atoms with Gasteiger partial charge in [0.25, 0.3) is 0 Å². The van der Waals surface area contributed by atoms with Gasteiger partial charge in [-0.3, -0.25) is 4.79 Å². The summed E-state index contributed by atoms with van der Waals surface area (Å²) in [6.45, 7) is 0.930. The normalized spacial score (nSPS) is 20.3. The average Bonchev–Trinajstić information content (AvgIpc) is 3.13. The number of hydrogen-bond donors (Lipinski definition) is 1. The number of aromatic nitrogens is 2. The fourth-order valence-corrected chi connectivity index (χ4v) is 2.96. The number of hydrogen-bond acceptors (Lipinski definition) is 5. The highest BCUT2D eigenvalue weighted by Crippen LogP contribution is 2.44. The number of alkyl halides is 3. The molecule has 1 aliphatic heterocycles. The summed E-state index contributed by atoms with van der Waals surface area (Å²) in [6, 6.07) is 0. The van der Waals surface area contributed by atoms with E-state index in [-0.39, 0.29) is 6.54 Å². The Balaban J connectivity index is 2.48. The van der Waals surface area contributed by atoms with E-state index in [2.05, 4.69) is 9.72 Å². The van der Waals surface area contributed by atoms with Gasteiger partial charge in [0.1, 0.15) is 5.92 Å². The lowest BCUT2D eigenvalue weighted by molar-refractivity contribution is -0.291. The Morgan fingerprint density at radius 2 is 2.04 bits per heavy atom. The maximum Gasteiger partial charge on any atom is 0.425 e. The number of nitrogens with zero attached hydrogens (tertiary/aromatic N) is 3. The molecule has 0 aromatic carbocycles. The lowest BCUT2D eigenvalue weighted by atomic mass is 9.84. The highest BCUT2D eigenvalue weighted by atomic mass is 19.4. The summed E-state index contributed by atoms with van der Waals surface area (Å²) in [5.41, 5.74) is -3.42. The molecule has 1 aromatic rings. The van der Waals surface area contributed by atoms with Crippen LogP contribution < -0.4 is 0 Å². The van der Waals surface area contributed by atoms with Crippen molar-refractivity contribution in [1.82, 2.24) is 14.5 Å². The molecule has 2 atom stereocenters. The molecule has 1 aromatic heterocycles. The molecule has 1 fully saturated rings. The van der Waals surface area contributed by atoms with Crippen LogP contribution in [0.1, 0.15) is 18.7 Å². The Bertz CT molecular complexity index is 555. The molecule has 6 nitrogen and oxygen atoms in total. The number of aliphatic hydroxyl groups is 1. The molecule has 1 aliphatic rings. The number of esters is 1. The number of rotatable bonds is 5. The third kappa shape index (κ3) is 3.20. The molecule has 130 valence electrons. The Hall–Kier alpha value is -1.61. The number of ether oxygens (including phenoxy) is 1. The highest BCUT2D eigenvalue weighted by Gasteiger charge is 2.64. The van der Waals surface area contributed by atoms with Gasteiger partial charge in [0, 0.05) is 26.0 Å². The molecular weight excluding hydrogens is 315 g/mol. The predicted octanol–water partition coefficient (Wildman–Crippen LogP) is 1.05. The lowest BCUT2D eigenvalue weighted by Crippen LogP contribution is -2.56. The zero-order chi connectivity index (χ0) is 17.3. The summed E-state index contributed by atoms with van der Waals surface area (Å²) in [5.74, 6) is -3.55. The summed E-state index contributed by atoms with van der Waals surface area (Å²) >= 11 is 0. The molecule has 0 spiro atoms. The zero-order valence-electron chi connectivity index (χ0n) is 13.0. The van der Waals surface area contributed by atoms with Crippen LogP contribution in [0, 0.1) is 5.92 Å². The van der Waals surface area contributed by atoms with Gasteiger partial charge in [-0.2, -0.15) is 13.2 Å². The monoisotopic (exact) mass is 335 g/mol. The molecule has 1 saturated heterocycles. The minimum absolute atomic E-state index is 0.241. The summed E-state index contributed by atoms with van der Waals surface area (Å²) in [7, 11) is 2.35. The van der Waals surface area contributed by atoms with Crippen molar-refractivity contribution >= 4 is 5.97 Å². The molecule has 2 heterocycles. The van der Waals surface area contributed by atoms with Gasteiger partial charge in [0.2, 0.25) is 5.60 Å². The standard InChI is InChI=1S/C14H20F3N3O3/c1-19-8-5-18-12(19)13(22,14(15,16)17)10(11(21)23-2)9-20-6-3-4-7-20/h5,8,10,22H,3-4,6-7,9H2,1-2H3/t10-,13+/m0/s1. The van der Waals surface area contributed by atoms with Gasteiger partial charge in [-0.05, 0) is 25.9 Å². The van der Waals surface area contributed by atoms with E-state index in [9.17, 15) is 23.1 Å². The Morgan fingerprint density at radius 1 is 1.43 bits per heavy atom. The Labute approximate surface area is 131 Å². The Morgan fingerprint density at radius 3 is 2.48 bits per heavy atom.